The van der Waals surface area contributed by atoms with Gasteiger partial charge in [-0.25, -0.2) is 9.78 Å². The molecule has 0 aliphatic heterocycles. The van der Waals surface area contributed by atoms with Gasteiger partial charge in [-0.15, -0.1) is 0 Å². The second-order valence-electron chi connectivity index (χ2n) is 4.22. The summed E-state index contributed by atoms with van der Waals surface area (Å²) in [7, 11) is 0. The molecule has 2 rings (SSSR count). The van der Waals surface area contributed by atoms with Crippen molar-refractivity contribution in [2.75, 3.05) is 0 Å². The summed E-state index contributed by atoms with van der Waals surface area (Å²) in [6.07, 6.45) is 1.42. The van der Waals surface area contributed by atoms with Gasteiger partial charge in [-0.3, -0.25) is 14.3 Å². The van der Waals surface area contributed by atoms with Crippen molar-refractivity contribution in [2.45, 2.75) is 26.8 Å². The first kappa shape index (κ1) is 10.7. The number of imidazole rings is 1. The zero-order valence-corrected chi connectivity index (χ0v) is 9.44. The maximum atomic E-state index is 11.8. The van der Waals surface area contributed by atoms with E-state index in [0.717, 1.165) is 0 Å². The Bertz CT molecular complexity index is 620. The highest BCUT2D eigenvalue weighted by Gasteiger charge is 2.17. The summed E-state index contributed by atoms with van der Waals surface area (Å²) in [6, 6.07) is -0.0184. The number of H-pyrrole nitrogens is 2. The Balaban J connectivity index is 2.83. The highest BCUT2D eigenvalue weighted by molar-refractivity contribution is 5.68. The lowest BCUT2D eigenvalue weighted by Crippen LogP contribution is -2.33. The number of aromatic nitrogens is 4. The predicted molar refractivity (Wildman–Crippen MR) is 60.5 cm³/mol. The number of hydrogen-bond donors (Lipinski definition) is 2. The van der Waals surface area contributed by atoms with Crippen LogP contribution in [0, 0.1) is 5.92 Å². The lowest BCUT2D eigenvalue weighted by atomic mass is 10.1. The molecule has 0 amide bonds. The van der Waals surface area contributed by atoms with Gasteiger partial charge in [-0.05, 0) is 12.8 Å². The molecular weight excluding hydrogens is 208 g/mol. The van der Waals surface area contributed by atoms with E-state index >= 15 is 0 Å². The smallest absolute Gasteiger partial charge is 0.330 e. The van der Waals surface area contributed by atoms with Crippen LogP contribution in [0.3, 0.4) is 0 Å². The van der Waals surface area contributed by atoms with Gasteiger partial charge in [0.2, 0.25) is 0 Å². The molecule has 0 aromatic carbocycles. The average molecular weight is 222 g/mol. The zero-order chi connectivity index (χ0) is 11.9. The molecule has 2 aromatic heterocycles. The second-order valence-corrected chi connectivity index (χ2v) is 4.22. The molecule has 0 aliphatic rings. The first-order chi connectivity index (χ1) is 7.52. The number of nitrogens with one attached hydrogen (secondary N) is 2. The van der Waals surface area contributed by atoms with Crippen molar-refractivity contribution in [1.29, 1.82) is 0 Å². The standard InChI is InChI=1S/C10H14N4O2/c1-5(2)6(3)14-8-7(11-4-12-8)9(15)13-10(14)16/h4-6H,1-3H3,(H,11,12)(H,13,15,16). The third kappa shape index (κ3) is 1.46. The molecular formula is C10H14N4O2. The fourth-order valence-electron chi connectivity index (χ4n) is 1.63. The number of rotatable bonds is 2. The maximum absolute atomic E-state index is 11.8. The van der Waals surface area contributed by atoms with Crippen LogP contribution >= 0.6 is 0 Å². The van der Waals surface area contributed by atoms with Crippen molar-refractivity contribution in [1.82, 2.24) is 19.5 Å². The molecule has 2 heterocycles. The number of fused-ring (bicyclic) bond motifs is 1. The summed E-state index contributed by atoms with van der Waals surface area (Å²) >= 11 is 0. The minimum atomic E-state index is -0.426. The average Bonchev–Trinajstić information content (AvgIpc) is 2.66. The van der Waals surface area contributed by atoms with Gasteiger partial charge >= 0.3 is 5.69 Å². The summed E-state index contributed by atoms with van der Waals surface area (Å²) in [5.41, 5.74) is -0.0856. The van der Waals surface area contributed by atoms with Crippen molar-refractivity contribution in [3.8, 4) is 0 Å². The number of aromatic amines is 2. The van der Waals surface area contributed by atoms with E-state index in [0.29, 0.717) is 11.2 Å². The molecule has 1 unspecified atom stereocenters. The van der Waals surface area contributed by atoms with Crippen LogP contribution in [0.2, 0.25) is 0 Å². The summed E-state index contributed by atoms with van der Waals surface area (Å²) < 4.78 is 1.51. The summed E-state index contributed by atoms with van der Waals surface area (Å²) in [5, 5.41) is 0. The number of hydrogen-bond acceptors (Lipinski definition) is 3. The molecule has 16 heavy (non-hydrogen) atoms. The predicted octanol–water partition coefficient (Wildman–Crippen LogP) is 0.630. The van der Waals surface area contributed by atoms with Crippen molar-refractivity contribution in [2.24, 2.45) is 5.92 Å². The normalized spacial score (nSPS) is 13.5. The number of nitrogens with zero attached hydrogens (tertiary/aromatic N) is 2. The topological polar surface area (TPSA) is 83.5 Å². The van der Waals surface area contributed by atoms with E-state index in [1.165, 1.54) is 10.9 Å². The van der Waals surface area contributed by atoms with Gasteiger partial charge in [-0.1, -0.05) is 13.8 Å². The molecule has 6 heteroatoms. The van der Waals surface area contributed by atoms with Gasteiger partial charge in [0.25, 0.3) is 5.56 Å². The van der Waals surface area contributed by atoms with E-state index in [9.17, 15) is 9.59 Å². The fraction of sp³-hybridized carbons (Fsp3) is 0.500. The molecule has 0 spiro atoms. The quantitative estimate of drug-likeness (QED) is 0.781. The Labute approximate surface area is 91.3 Å². The van der Waals surface area contributed by atoms with E-state index in [2.05, 4.69) is 15.0 Å². The molecule has 2 N–H and O–H groups in total. The second kappa shape index (κ2) is 3.62. The molecule has 1 atom stereocenters. The zero-order valence-electron chi connectivity index (χ0n) is 9.44. The minimum absolute atomic E-state index is 0.0184. The molecule has 0 radical (unpaired) electrons. The van der Waals surface area contributed by atoms with Crippen molar-refractivity contribution in [3.05, 3.63) is 27.2 Å². The van der Waals surface area contributed by atoms with Crippen LogP contribution in [0.1, 0.15) is 26.8 Å². The van der Waals surface area contributed by atoms with Crippen LogP contribution < -0.4 is 11.2 Å². The maximum Gasteiger partial charge on any atom is 0.330 e. The van der Waals surface area contributed by atoms with Gasteiger partial charge < -0.3 is 4.98 Å². The Morgan fingerprint density at radius 1 is 1.31 bits per heavy atom. The summed E-state index contributed by atoms with van der Waals surface area (Å²) in [6.45, 7) is 5.96. The van der Waals surface area contributed by atoms with Crippen LogP contribution in [-0.4, -0.2) is 19.5 Å². The third-order valence-corrected chi connectivity index (χ3v) is 2.89. The SMILES string of the molecule is CC(C)C(C)n1c(=O)[nH]c(=O)c2[nH]cnc21. The molecule has 86 valence electrons. The summed E-state index contributed by atoms with van der Waals surface area (Å²) in [4.78, 5) is 32.3. The monoisotopic (exact) mass is 222 g/mol. The molecule has 0 bridgehead atoms. The van der Waals surface area contributed by atoms with Gasteiger partial charge in [0.15, 0.2) is 5.65 Å². The lowest BCUT2D eigenvalue weighted by Gasteiger charge is -2.18. The van der Waals surface area contributed by atoms with Crippen LogP contribution in [0.5, 0.6) is 0 Å². The van der Waals surface area contributed by atoms with Crippen molar-refractivity contribution < 1.29 is 0 Å². The summed E-state index contributed by atoms with van der Waals surface area (Å²) in [5.74, 6) is 0.281. The van der Waals surface area contributed by atoms with Gasteiger partial charge in [0.1, 0.15) is 5.52 Å². The van der Waals surface area contributed by atoms with Crippen LogP contribution in [0.15, 0.2) is 15.9 Å². The Morgan fingerprint density at radius 2 is 2.00 bits per heavy atom. The van der Waals surface area contributed by atoms with Gasteiger partial charge in [0, 0.05) is 6.04 Å². The van der Waals surface area contributed by atoms with E-state index in [1.807, 2.05) is 20.8 Å². The molecule has 0 fully saturated rings. The van der Waals surface area contributed by atoms with Crippen molar-refractivity contribution >= 4 is 11.2 Å². The lowest BCUT2D eigenvalue weighted by molar-refractivity contribution is 0.402. The van der Waals surface area contributed by atoms with E-state index < -0.39 is 11.2 Å². The Kier molecular flexibility index (Phi) is 2.41. The molecule has 6 nitrogen and oxygen atoms in total. The largest absolute Gasteiger partial charge is 0.339 e. The van der Waals surface area contributed by atoms with E-state index in [4.69, 9.17) is 0 Å². The molecule has 0 saturated carbocycles. The molecule has 0 aliphatic carbocycles. The third-order valence-electron chi connectivity index (χ3n) is 2.89. The first-order valence-corrected chi connectivity index (χ1v) is 5.20. The van der Waals surface area contributed by atoms with Crippen LogP contribution in [0.4, 0.5) is 0 Å². The van der Waals surface area contributed by atoms with E-state index in [-0.39, 0.29) is 12.0 Å². The first-order valence-electron chi connectivity index (χ1n) is 5.20. The Morgan fingerprint density at radius 3 is 2.62 bits per heavy atom. The van der Waals surface area contributed by atoms with Crippen molar-refractivity contribution in [3.63, 3.8) is 0 Å². The highest BCUT2D eigenvalue weighted by atomic mass is 16.2. The Hall–Kier alpha value is -1.85. The van der Waals surface area contributed by atoms with E-state index in [1.54, 1.807) is 0 Å². The van der Waals surface area contributed by atoms with Crippen LogP contribution in [0.25, 0.3) is 11.2 Å². The molecule has 0 saturated heterocycles. The molecule has 2 aromatic rings. The van der Waals surface area contributed by atoms with Crippen LogP contribution in [-0.2, 0) is 0 Å². The van der Waals surface area contributed by atoms with Gasteiger partial charge in [0.05, 0.1) is 6.33 Å². The fourth-order valence-corrected chi connectivity index (χ4v) is 1.63. The highest BCUT2D eigenvalue weighted by Crippen LogP contribution is 2.16. The minimum Gasteiger partial charge on any atom is -0.339 e. The van der Waals surface area contributed by atoms with Gasteiger partial charge in [-0.2, -0.15) is 0 Å².